The first-order chi connectivity index (χ1) is 9.17. The van der Waals surface area contributed by atoms with E-state index in [1.54, 1.807) is 0 Å². The molecule has 1 aliphatic heterocycles. The minimum absolute atomic E-state index is 0.352. The maximum atomic E-state index is 11.6. The van der Waals surface area contributed by atoms with E-state index in [1.807, 2.05) is 19.1 Å². The first-order valence-corrected chi connectivity index (χ1v) is 6.62. The van der Waals surface area contributed by atoms with Gasteiger partial charge in [-0.05, 0) is 37.5 Å². The molecule has 0 saturated heterocycles. The molecule has 0 unspecified atom stereocenters. The van der Waals surface area contributed by atoms with Crippen molar-refractivity contribution in [3.63, 3.8) is 0 Å². The SMILES string of the molecule is Cc1cc(=O)oc2c3c(ccc12)OC1(CCCC1)O3. The standard InChI is InChI=1S/C15H14O4/c1-9-8-12(16)17-13-10(9)4-5-11-14(13)19-15(18-11)6-2-3-7-15/h4-5,8H,2-3,6-7H2,1H3. The first kappa shape index (κ1) is 10.9. The van der Waals surface area contributed by atoms with Crippen LogP contribution >= 0.6 is 0 Å². The van der Waals surface area contributed by atoms with E-state index in [4.69, 9.17) is 13.9 Å². The summed E-state index contributed by atoms with van der Waals surface area (Å²) in [6.07, 6.45) is 3.99. The van der Waals surface area contributed by atoms with Crippen molar-refractivity contribution in [3.8, 4) is 11.5 Å². The van der Waals surface area contributed by atoms with E-state index in [0.717, 1.165) is 36.6 Å². The van der Waals surface area contributed by atoms with Crippen LogP contribution in [-0.2, 0) is 0 Å². The molecule has 0 amide bonds. The highest BCUT2D eigenvalue weighted by Gasteiger charge is 2.45. The average molecular weight is 258 g/mol. The van der Waals surface area contributed by atoms with Crippen LogP contribution in [-0.4, -0.2) is 5.79 Å². The van der Waals surface area contributed by atoms with E-state index < -0.39 is 5.79 Å². The second-order valence-corrected chi connectivity index (χ2v) is 5.34. The predicted molar refractivity (Wildman–Crippen MR) is 69.7 cm³/mol. The fraction of sp³-hybridized carbons (Fsp3) is 0.400. The lowest BCUT2D eigenvalue weighted by Crippen LogP contribution is -2.34. The van der Waals surface area contributed by atoms with Gasteiger partial charge in [-0.15, -0.1) is 0 Å². The van der Waals surface area contributed by atoms with Crippen LogP contribution in [0.2, 0.25) is 0 Å². The summed E-state index contributed by atoms with van der Waals surface area (Å²) in [5.74, 6) is 0.738. The molecule has 1 fully saturated rings. The third-order valence-corrected chi connectivity index (χ3v) is 3.99. The van der Waals surface area contributed by atoms with Crippen molar-refractivity contribution in [2.24, 2.45) is 0 Å². The molecule has 4 nitrogen and oxygen atoms in total. The highest BCUT2D eigenvalue weighted by molar-refractivity contribution is 5.88. The molecular weight excluding hydrogens is 244 g/mol. The normalized spacial score (nSPS) is 19.4. The van der Waals surface area contributed by atoms with Crippen molar-refractivity contribution in [2.75, 3.05) is 0 Å². The second kappa shape index (κ2) is 3.53. The third kappa shape index (κ3) is 1.49. The molecule has 4 rings (SSSR count). The molecule has 2 heterocycles. The molecule has 0 radical (unpaired) electrons. The largest absolute Gasteiger partial charge is 0.448 e. The van der Waals surface area contributed by atoms with Crippen LogP contribution in [0.4, 0.5) is 0 Å². The fourth-order valence-electron chi connectivity index (χ4n) is 3.04. The second-order valence-electron chi connectivity index (χ2n) is 5.34. The molecule has 0 N–H and O–H groups in total. The monoisotopic (exact) mass is 258 g/mol. The Morgan fingerprint density at radius 3 is 2.74 bits per heavy atom. The summed E-state index contributed by atoms with van der Waals surface area (Å²) in [5, 5.41) is 0.900. The van der Waals surface area contributed by atoms with Crippen molar-refractivity contribution in [2.45, 2.75) is 38.4 Å². The van der Waals surface area contributed by atoms with Gasteiger partial charge in [0.05, 0.1) is 0 Å². The Balaban J connectivity index is 1.95. The third-order valence-electron chi connectivity index (χ3n) is 3.99. The summed E-state index contributed by atoms with van der Waals surface area (Å²) in [6.45, 7) is 1.90. The Morgan fingerprint density at radius 2 is 1.95 bits per heavy atom. The molecule has 4 heteroatoms. The van der Waals surface area contributed by atoms with Gasteiger partial charge in [0.1, 0.15) is 0 Å². The predicted octanol–water partition coefficient (Wildman–Crippen LogP) is 3.14. The minimum Gasteiger partial charge on any atom is -0.448 e. The van der Waals surface area contributed by atoms with Crippen LogP contribution in [0.15, 0.2) is 27.4 Å². The fourth-order valence-corrected chi connectivity index (χ4v) is 3.04. The molecule has 98 valence electrons. The zero-order valence-electron chi connectivity index (χ0n) is 10.7. The van der Waals surface area contributed by atoms with E-state index in [1.165, 1.54) is 6.07 Å². The Morgan fingerprint density at radius 1 is 1.16 bits per heavy atom. The number of rotatable bonds is 0. The summed E-state index contributed by atoms with van der Waals surface area (Å²) in [7, 11) is 0. The molecular formula is C15H14O4. The van der Waals surface area contributed by atoms with E-state index in [-0.39, 0.29) is 5.63 Å². The van der Waals surface area contributed by atoms with Crippen LogP contribution in [0.5, 0.6) is 11.5 Å². The highest BCUT2D eigenvalue weighted by Crippen LogP contribution is 2.49. The Labute approximate surface area is 109 Å². The van der Waals surface area contributed by atoms with Crippen LogP contribution in [0.25, 0.3) is 11.0 Å². The number of hydrogen-bond donors (Lipinski definition) is 0. The molecule has 1 saturated carbocycles. The molecule has 1 aromatic carbocycles. The Hall–Kier alpha value is -1.97. The van der Waals surface area contributed by atoms with E-state index in [2.05, 4.69) is 0 Å². The zero-order valence-corrected chi connectivity index (χ0v) is 10.7. The van der Waals surface area contributed by atoms with Crippen molar-refractivity contribution >= 4 is 11.0 Å². The Kier molecular flexibility index (Phi) is 2.03. The summed E-state index contributed by atoms with van der Waals surface area (Å²) in [5.41, 5.74) is 1.05. The van der Waals surface area contributed by atoms with Crippen LogP contribution in [0.1, 0.15) is 31.2 Å². The summed E-state index contributed by atoms with van der Waals surface area (Å²) in [4.78, 5) is 11.6. The van der Waals surface area contributed by atoms with Gasteiger partial charge in [-0.3, -0.25) is 0 Å². The van der Waals surface area contributed by atoms with Crippen LogP contribution in [0.3, 0.4) is 0 Å². The van der Waals surface area contributed by atoms with Crippen LogP contribution in [0, 0.1) is 6.92 Å². The van der Waals surface area contributed by atoms with Crippen molar-refractivity contribution < 1.29 is 13.9 Å². The number of fused-ring (bicyclic) bond motifs is 3. The van der Waals surface area contributed by atoms with Gasteiger partial charge in [-0.2, -0.15) is 0 Å². The summed E-state index contributed by atoms with van der Waals surface area (Å²) in [6, 6.07) is 5.32. The van der Waals surface area contributed by atoms with Gasteiger partial charge in [-0.25, -0.2) is 4.79 Å². The maximum absolute atomic E-state index is 11.6. The lowest BCUT2D eigenvalue weighted by Gasteiger charge is -2.21. The van der Waals surface area contributed by atoms with Gasteiger partial charge >= 0.3 is 5.63 Å². The van der Waals surface area contributed by atoms with Crippen LogP contribution < -0.4 is 15.1 Å². The van der Waals surface area contributed by atoms with Gasteiger partial charge in [0, 0.05) is 24.3 Å². The van der Waals surface area contributed by atoms with Gasteiger partial charge in [0.25, 0.3) is 5.79 Å². The quantitative estimate of drug-likeness (QED) is 0.681. The summed E-state index contributed by atoms with van der Waals surface area (Å²) < 4.78 is 17.3. The number of hydrogen-bond acceptors (Lipinski definition) is 4. The van der Waals surface area contributed by atoms with Gasteiger partial charge < -0.3 is 13.9 Å². The lowest BCUT2D eigenvalue weighted by molar-refractivity contribution is -0.0714. The van der Waals surface area contributed by atoms with Gasteiger partial charge in [0.2, 0.25) is 5.75 Å². The molecule has 0 bridgehead atoms. The van der Waals surface area contributed by atoms with Gasteiger partial charge in [-0.1, -0.05) is 0 Å². The van der Waals surface area contributed by atoms with E-state index >= 15 is 0 Å². The highest BCUT2D eigenvalue weighted by atomic mass is 16.7. The molecule has 1 spiro atoms. The van der Waals surface area contributed by atoms with Crippen molar-refractivity contribution in [1.82, 2.24) is 0 Å². The lowest BCUT2D eigenvalue weighted by atomic mass is 10.1. The minimum atomic E-state index is -0.529. The first-order valence-electron chi connectivity index (χ1n) is 6.62. The maximum Gasteiger partial charge on any atom is 0.336 e. The van der Waals surface area contributed by atoms with E-state index in [0.29, 0.717) is 17.1 Å². The smallest absolute Gasteiger partial charge is 0.336 e. The topological polar surface area (TPSA) is 48.7 Å². The Bertz CT molecular complexity index is 723. The average Bonchev–Trinajstić information content (AvgIpc) is 2.96. The van der Waals surface area contributed by atoms with Gasteiger partial charge in [0.15, 0.2) is 11.3 Å². The number of ether oxygens (including phenoxy) is 2. The molecule has 1 aliphatic carbocycles. The summed E-state index contributed by atoms with van der Waals surface area (Å²) >= 11 is 0. The molecule has 0 atom stereocenters. The molecule has 2 aromatic rings. The zero-order chi connectivity index (χ0) is 13.0. The molecule has 1 aromatic heterocycles. The van der Waals surface area contributed by atoms with E-state index in [9.17, 15) is 4.79 Å². The molecule has 19 heavy (non-hydrogen) atoms. The number of aryl methyl sites for hydroxylation is 1. The molecule has 2 aliphatic rings. The van der Waals surface area contributed by atoms with Crippen molar-refractivity contribution in [1.29, 1.82) is 0 Å². The van der Waals surface area contributed by atoms with Crippen molar-refractivity contribution in [3.05, 3.63) is 34.2 Å². The number of benzene rings is 1.